The molecule has 0 amide bonds. The van der Waals surface area contributed by atoms with E-state index in [1.807, 2.05) is 0 Å². The summed E-state index contributed by atoms with van der Waals surface area (Å²) in [6.45, 7) is 1.93. The molecule has 0 fully saturated rings. The molecule has 1 nitrogen and oxygen atoms in total. The molecule has 0 rings (SSSR count). The van der Waals surface area contributed by atoms with Crippen LogP contribution >= 0.6 is 0 Å². The molecule has 0 bridgehead atoms. The minimum absolute atomic E-state index is 0.118. The molecule has 0 radical (unpaired) electrons. The van der Waals surface area contributed by atoms with Gasteiger partial charge in [-0.15, -0.1) is 0 Å². The second-order valence-electron chi connectivity index (χ2n) is 3.58. The molecular formula is C9H15F6N. The van der Waals surface area contributed by atoms with Crippen molar-refractivity contribution >= 4 is 0 Å². The van der Waals surface area contributed by atoms with Crippen LogP contribution < -0.4 is 5.32 Å². The second kappa shape index (κ2) is 6.32. The van der Waals surface area contributed by atoms with E-state index in [9.17, 15) is 26.3 Å². The van der Waals surface area contributed by atoms with Crippen LogP contribution in [0.15, 0.2) is 0 Å². The summed E-state index contributed by atoms with van der Waals surface area (Å²) in [5.74, 6) is 0. The van der Waals surface area contributed by atoms with E-state index in [4.69, 9.17) is 0 Å². The zero-order valence-electron chi connectivity index (χ0n) is 8.88. The van der Waals surface area contributed by atoms with Gasteiger partial charge in [-0.3, -0.25) is 0 Å². The lowest BCUT2D eigenvalue weighted by molar-refractivity contribution is -0.143. The quantitative estimate of drug-likeness (QED) is 0.710. The van der Waals surface area contributed by atoms with Crippen LogP contribution in [0.1, 0.15) is 32.6 Å². The summed E-state index contributed by atoms with van der Waals surface area (Å²) >= 11 is 0. The van der Waals surface area contributed by atoms with Gasteiger partial charge in [0.15, 0.2) is 0 Å². The highest BCUT2D eigenvalue weighted by atomic mass is 19.4. The van der Waals surface area contributed by atoms with Crippen LogP contribution in [0, 0.1) is 0 Å². The molecule has 0 saturated heterocycles. The number of hydrogen-bond acceptors (Lipinski definition) is 1. The van der Waals surface area contributed by atoms with Gasteiger partial charge in [-0.05, 0) is 19.4 Å². The molecule has 0 aromatic heterocycles. The third-order valence-electron chi connectivity index (χ3n) is 1.98. The SMILES string of the molecule is CCNC(CCCC(F)(F)F)CC(F)(F)F. The van der Waals surface area contributed by atoms with Gasteiger partial charge in [0, 0.05) is 12.5 Å². The maximum absolute atomic E-state index is 12.0. The number of alkyl halides is 6. The van der Waals surface area contributed by atoms with Crippen molar-refractivity contribution in [2.24, 2.45) is 0 Å². The maximum atomic E-state index is 12.0. The monoisotopic (exact) mass is 251 g/mol. The molecule has 0 aromatic carbocycles. The lowest BCUT2D eigenvalue weighted by Gasteiger charge is -2.19. The highest BCUT2D eigenvalue weighted by Crippen LogP contribution is 2.26. The highest BCUT2D eigenvalue weighted by molar-refractivity contribution is 4.71. The summed E-state index contributed by atoms with van der Waals surface area (Å²) in [5, 5.41) is 2.54. The Labute approximate surface area is 90.2 Å². The molecule has 1 atom stereocenters. The van der Waals surface area contributed by atoms with Crippen molar-refractivity contribution in [2.75, 3.05) is 6.54 Å². The molecule has 0 aliphatic rings. The second-order valence-corrected chi connectivity index (χ2v) is 3.58. The van der Waals surface area contributed by atoms with Gasteiger partial charge in [-0.2, -0.15) is 26.3 Å². The predicted octanol–water partition coefficient (Wildman–Crippen LogP) is 3.65. The van der Waals surface area contributed by atoms with E-state index in [1.54, 1.807) is 6.92 Å². The van der Waals surface area contributed by atoms with Crippen molar-refractivity contribution < 1.29 is 26.3 Å². The van der Waals surface area contributed by atoms with Crippen LogP contribution in [-0.4, -0.2) is 24.9 Å². The van der Waals surface area contributed by atoms with Crippen molar-refractivity contribution in [1.29, 1.82) is 0 Å². The van der Waals surface area contributed by atoms with E-state index in [-0.39, 0.29) is 12.8 Å². The van der Waals surface area contributed by atoms with E-state index in [0.717, 1.165) is 0 Å². The Morgan fingerprint density at radius 2 is 1.56 bits per heavy atom. The van der Waals surface area contributed by atoms with Gasteiger partial charge in [0.2, 0.25) is 0 Å². The van der Waals surface area contributed by atoms with Gasteiger partial charge in [0.25, 0.3) is 0 Å². The fourth-order valence-electron chi connectivity index (χ4n) is 1.39. The number of nitrogens with one attached hydrogen (secondary N) is 1. The Bertz CT molecular complexity index is 185. The first kappa shape index (κ1) is 15.5. The summed E-state index contributed by atoms with van der Waals surface area (Å²) in [7, 11) is 0. The zero-order chi connectivity index (χ0) is 12.8. The van der Waals surface area contributed by atoms with Crippen molar-refractivity contribution in [2.45, 2.75) is 51.0 Å². The molecule has 0 aliphatic carbocycles. The molecular weight excluding hydrogens is 236 g/mol. The Morgan fingerprint density at radius 3 is 1.94 bits per heavy atom. The Morgan fingerprint density at radius 1 is 1.00 bits per heavy atom. The third kappa shape index (κ3) is 10.1. The Kier molecular flexibility index (Phi) is 6.14. The van der Waals surface area contributed by atoms with E-state index >= 15 is 0 Å². The van der Waals surface area contributed by atoms with Crippen LogP contribution in [0.5, 0.6) is 0 Å². The molecule has 98 valence electrons. The van der Waals surface area contributed by atoms with E-state index in [1.165, 1.54) is 0 Å². The summed E-state index contributed by atoms with van der Waals surface area (Å²) in [6.07, 6.45) is -11.2. The zero-order valence-corrected chi connectivity index (χ0v) is 8.88. The van der Waals surface area contributed by atoms with Crippen molar-refractivity contribution in [1.82, 2.24) is 5.32 Å². The Hall–Kier alpha value is -0.460. The summed E-state index contributed by atoms with van der Waals surface area (Å²) in [5.41, 5.74) is 0. The van der Waals surface area contributed by atoms with Gasteiger partial charge < -0.3 is 5.32 Å². The highest BCUT2D eigenvalue weighted by Gasteiger charge is 2.32. The minimum Gasteiger partial charge on any atom is -0.314 e. The largest absolute Gasteiger partial charge is 0.390 e. The summed E-state index contributed by atoms with van der Waals surface area (Å²) < 4.78 is 71.4. The molecule has 0 heterocycles. The Balaban J connectivity index is 3.95. The first-order chi connectivity index (χ1) is 7.14. The minimum atomic E-state index is -4.34. The van der Waals surface area contributed by atoms with Gasteiger partial charge >= 0.3 is 12.4 Å². The van der Waals surface area contributed by atoms with Gasteiger partial charge in [0.1, 0.15) is 0 Å². The maximum Gasteiger partial charge on any atom is 0.390 e. The normalized spacial score (nSPS) is 15.2. The average Bonchev–Trinajstić information content (AvgIpc) is 1.98. The molecule has 0 aliphatic heterocycles. The molecule has 16 heavy (non-hydrogen) atoms. The fraction of sp³-hybridized carbons (Fsp3) is 1.00. The lowest BCUT2D eigenvalue weighted by atomic mass is 10.1. The van der Waals surface area contributed by atoms with Crippen LogP contribution in [0.4, 0.5) is 26.3 Å². The van der Waals surface area contributed by atoms with E-state index in [0.29, 0.717) is 6.54 Å². The standard InChI is InChI=1S/C9H15F6N/c1-2-16-7(6-9(13,14)15)4-3-5-8(10,11)12/h7,16H,2-6H2,1H3. The number of rotatable bonds is 6. The average molecular weight is 251 g/mol. The molecule has 1 N–H and O–H groups in total. The van der Waals surface area contributed by atoms with Crippen molar-refractivity contribution in [3.05, 3.63) is 0 Å². The van der Waals surface area contributed by atoms with Gasteiger partial charge in [-0.1, -0.05) is 6.92 Å². The molecule has 7 heteroatoms. The van der Waals surface area contributed by atoms with Crippen molar-refractivity contribution in [3.63, 3.8) is 0 Å². The van der Waals surface area contributed by atoms with Crippen LogP contribution in [0.25, 0.3) is 0 Å². The molecule has 1 unspecified atom stereocenters. The first-order valence-electron chi connectivity index (χ1n) is 5.01. The number of halogens is 6. The van der Waals surface area contributed by atoms with Crippen molar-refractivity contribution in [3.8, 4) is 0 Å². The third-order valence-corrected chi connectivity index (χ3v) is 1.98. The van der Waals surface area contributed by atoms with Gasteiger partial charge in [-0.25, -0.2) is 0 Å². The summed E-state index contributed by atoms with van der Waals surface area (Å²) in [4.78, 5) is 0. The molecule has 0 aromatic rings. The van der Waals surface area contributed by atoms with E-state index < -0.39 is 31.2 Å². The molecule has 0 spiro atoms. The number of hydrogen-bond donors (Lipinski definition) is 1. The van der Waals surface area contributed by atoms with Crippen LogP contribution in [0.2, 0.25) is 0 Å². The predicted molar refractivity (Wildman–Crippen MR) is 48.0 cm³/mol. The topological polar surface area (TPSA) is 12.0 Å². The van der Waals surface area contributed by atoms with Crippen LogP contribution in [-0.2, 0) is 0 Å². The van der Waals surface area contributed by atoms with E-state index in [2.05, 4.69) is 5.32 Å². The fourth-order valence-corrected chi connectivity index (χ4v) is 1.39. The molecule has 0 saturated carbocycles. The summed E-state index contributed by atoms with van der Waals surface area (Å²) in [6, 6.07) is -0.924. The van der Waals surface area contributed by atoms with Gasteiger partial charge in [0.05, 0.1) is 6.42 Å². The lowest BCUT2D eigenvalue weighted by Crippen LogP contribution is -2.33. The smallest absolute Gasteiger partial charge is 0.314 e. The van der Waals surface area contributed by atoms with Crippen LogP contribution in [0.3, 0.4) is 0 Å². The first-order valence-corrected chi connectivity index (χ1v) is 5.01.